The molecule has 5 nitrogen and oxygen atoms in total. The van der Waals surface area contributed by atoms with Crippen molar-refractivity contribution in [2.75, 3.05) is 19.7 Å². The Balaban J connectivity index is 1.60. The number of rotatable bonds is 3. The van der Waals surface area contributed by atoms with Gasteiger partial charge in [-0.1, -0.05) is 18.2 Å². The van der Waals surface area contributed by atoms with Crippen molar-refractivity contribution in [1.29, 1.82) is 0 Å². The van der Waals surface area contributed by atoms with Crippen LogP contribution in [0.5, 0.6) is 11.5 Å². The molecule has 1 atom stereocenters. The number of hydrogen-bond acceptors (Lipinski definition) is 4. The summed E-state index contributed by atoms with van der Waals surface area (Å²) < 4.78 is 13.6. The van der Waals surface area contributed by atoms with E-state index in [0.717, 1.165) is 42.3 Å². The maximum absolute atomic E-state index is 6.00. The molecule has 0 spiro atoms. The first kappa shape index (κ1) is 13.3. The highest BCUT2D eigenvalue weighted by atomic mass is 16.5. The second-order valence-corrected chi connectivity index (χ2v) is 5.28. The maximum atomic E-state index is 6.00. The summed E-state index contributed by atoms with van der Waals surface area (Å²) in [6.07, 6.45) is 3.72. The fourth-order valence-corrected chi connectivity index (χ4v) is 2.67. The Morgan fingerprint density at radius 3 is 3.14 bits per heavy atom. The molecule has 1 aromatic carbocycles. The van der Waals surface area contributed by atoms with Gasteiger partial charge in [-0.05, 0) is 29.8 Å². The standard InChI is InChI=1S/C17H17N3O2/c1-2-8-20-15(6-1)17(12-19-20)22-14-5-3-4-13(10-14)16-11-18-7-9-21-16/h1-6,8,10,12,16,18H,7,9,11H2/t16-/m0/s1. The maximum Gasteiger partial charge on any atom is 0.173 e. The summed E-state index contributed by atoms with van der Waals surface area (Å²) >= 11 is 0. The van der Waals surface area contributed by atoms with E-state index in [-0.39, 0.29) is 6.10 Å². The number of benzene rings is 1. The van der Waals surface area contributed by atoms with Crippen molar-refractivity contribution in [1.82, 2.24) is 14.9 Å². The van der Waals surface area contributed by atoms with Crippen LogP contribution in [0.1, 0.15) is 11.7 Å². The van der Waals surface area contributed by atoms with Crippen LogP contribution in [0.25, 0.3) is 5.52 Å². The highest BCUT2D eigenvalue weighted by Gasteiger charge is 2.16. The van der Waals surface area contributed by atoms with Gasteiger partial charge in [-0.2, -0.15) is 5.10 Å². The Labute approximate surface area is 128 Å². The zero-order valence-electron chi connectivity index (χ0n) is 12.1. The van der Waals surface area contributed by atoms with Crippen LogP contribution in [0, 0.1) is 0 Å². The van der Waals surface area contributed by atoms with Crippen molar-refractivity contribution in [3.05, 3.63) is 60.4 Å². The highest BCUT2D eigenvalue weighted by Crippen LogP contribution is 2.28. The van der Waals surface area contributed by atoms with Crippen molar-refractivity contribution < 1.29 is 9.47 Å². The lowest BCUT2D eigenvalue weighted by atomic mass is 10.1. The lowest BCUT2D eigenvalue weighted by Crippen LogP contribution is -2.33. The molecule has 1 fully saturated rings. The summed E-state index contributed by atoms with van der Waals surface area (Å²) in [4.78, 5) is 0. The molecule has 5 heteroatoms. The number of nitrogens with one attached hydrogen (secondary N) is 1. The molecule has 0 radical (unpaired) electrons. The smallest absolute Gasteiger partial charge is 0.173 e. The van der Waals surface area contributed by atoms with Gasteiger partial charge in [0.25, 0.3) is 0 Å². The van der Waals surface area contributed by atoms with Crippen LogP contribution < -0.4 is 10.1 Å². The predicted molar refractivity (Wildman–Crippen MR) is 83.3 cm³/mol. The zero-order chi connectivity index (χ0) is 14.8. The Hall–Kier alpha value is -2.37. The van der Waals surface area contributed by atoms with Gasteiger partial charge < -0.3 is 14.8 Å². The monoisotopic (exact) mass is 295 g/mol. The minimum Gasteiger partial charge on any atom is -0.453 e. The van der Waals surface area contributed by atoms with E-state index >= 15 is 0 Å². The van der Waals surface area contributed by atoms with E-state index in [2.05, 4.69) is 16.5 Å². The van der Waals surface area contributed by atoms with Crippen LogP contribution >= 0.6 is 0 Å². The van der Waals surface area contributed by atoms with Gasteiger partial charge in [-0.25, -0.2) is 4.52 Å². The molecule has 4 rings (SSSR count). The van der Waals surface area contributed by atoms with Crippen LogP contribution in [0.2, 0.25) is 0 Å². The summed E-state index contributed by atoms with van der Waals surface area (Å²) in [6.45, 7) is 2.49. The van der Waals surface area contributed by atoms with Gasteiger partial charge >= 0.3 is 0 Å². The van der Waals surface area contributed by atoms with E-state index in [4.69, 9.17) is 9.47 Å². The van der Waals surface area contributed by atoms with Crippen LogP contribution in [-0.2, 0) is 4.74 Å². The first-order valence-electron chi connectivity index (χ1n) is 7.43. The van der Waals surface area contributed by atoms with Crippen molar-refractivity contribution in [3.8, 4) is 11.5 Å². The fourth-order valence-electron chi connectivity index (χ4n) is 2.67. The topological polar surface area (TPSA) is 47.8 Å². The van der Waals surface area contributed by atoms with E-state index < -0.39 is 0 Å². The largest absolute Gasteiger partial charge is 0.453 e. The van der Waals surface area contributed by atoms with Crippen molar-refractivity contribution in [2.45, 2.75) is 6.10 Å². The third-order valence-electron chi connectivity index (χ3n) is 3.78. The van der Waals surface area contributed by atoms with Gasteiger partial charge in [0.1, 0.15) is 11.3 Å². The number of ether oxygens (including phenoxy) is 2. The lowest BCUT2D eigenvalue weighted by Gasteiger charge is -2.24. The van der Waals surface area contributed by atoms with Gasteiger partial charge in [0.2, 0.25) is 0 Å². The van der Waals surface area contributed by atoms with Gasteiger partial charge in [0, 0.05) is 19.3 Å². The van der Waals surface area contributed by atoms with E-state index in [9.17, 15) is 0 Å². The number of aromatic nitrogens is 2. The summed E-state index contributed by atoms with van der Waals surface area (Å²) in [6, 6.07) is 13.9. The van der Waals surface area contributed by atoms with Crippen LogP contribution in [0.4, 0.5) is 0 Å². The van der Waals surface area contributed by atoms with Crippen molar-refractivity contribution >= 4 is 5.52 Å². The van der Waals surface area contributed by atoms with Crippen molar-refractivity contribution in [3.63, 3.8) is 0 Å². The van der Waals surface area contributed by atoms with E-state index in [1.807, 2.05) is 42.6 Å². The molecule has 0 aliphatic carbocycles. The number of morpholine rings is 1. The molecule has 3 heterocycles. The quantitative estimate of drug-likeness (QED) is 0.807. The molecule has 0 bridgehead atoms. The molecule has 2 aromatic heterocycles. The Morgan fingerprint density at radius 2 is 2.23 bits per heavy atom. The molecule has 1 N–H and O–H groups in total. The Morgan fingerprint density at radius 1 is 1.23 bits per heavy atom. The average molecular weight is 295 g/mol. The molecule has 1 aliphatic heterocycles. The average Bonchev–Trinajstić information content (AvgIpc) is 2.99. The Bertz CT molecular complexity index is 778. The molecule has 0 unspecified atom stereocenters. The summed E-state index contributed by atoms with van der Waals surface area (Å²) in [5, 5.41) is 7.63. The molecule has 3 aromatic rings. The number of hydrogen-bond donors (Lipinski definition) is 1. The number of nitrogens with zero attached hydrogens (tertiary/aromatic N) is 2. The molecular weight excluding hydrogens is 278 g/mol. The SMILES string of the molecule is c1cc(Oc2cnn3ccccc23)cc([C@@H]2CNCCO2)c1. The fraction of sp³-hybridized carbons (Fsp3) is 0.235. The number of pyridine rings is 1. The van der Waals surface area contributed by atoms with Crippen molar-refractivity contribution in [2.24, 2.45) is 0 Å². The third kappa shape index (κ3) is 2.56. The molecule has 1 aliphatic rings. The van der Waals surface area contributed by atoms with Gasteiger partial charge in [-0.15, -0.1) is 0 Å². The second kappa shape index (κ2) is 5.79. The Kier molecular flexibility index (Phi) is 3.50. The molecular formula is C17H17N3O2. The van der Waals surface area contributed by atoms with Crippen LogP contribution in [-0.4, -0.2) is 29.3 Å². The zero-order valence-corrected chi connectivity index (χ0v) is 12.1. The molecule has 1 saturated heterocycles. The van der Waals surface area contributed by atoms with E-state index in [1.165, 1.54) is 0 Å². The second-order valence-electron chi connectivity index (χ2n) is 5.28. The molecule has 22 heavy (non-hydrogen) atoms. The lowest BCUT2D eigenvalue weighted by molar-refractivity contribution is 0.0276. The first-order chi connectivity index (χ1) is 10.9. The summed E-state index contributed by atoms with van der Waals surface area (Å²) in [7, 11) is 0. The third-order valence-corrected chi connectivity index (χ3v) is 3.78. The normalized spacial score (nSPS) is 18.5. The van der Waals surface area contributed by atoms with Crippen LogP contribution in [0.15, 0.2) is 54.9 Å². The molecule has 112 valence electrons. The number of fused-ring (bicyclic) bond motifs is 1. The highest BCUT2D eigenvalue weighted by molar-refractivity contribution is 5.59. The van der Waals surface area contributed by atoms with Gasteiger partial charge in [0.15, 0.2) is 5.75 Å². The van der Waals surface area contributed by atoms with E-state index in [1.54, 1.807) is 10.7 Å². The van der Waals surface area contributed by atoms with E-state index in [0.29, 0.717) is 0 Å². The van der Waals surface area contributed by atoms with Gasteiger partial charge in [0.05, 0.1) is 18.9 Å². The summed E-state index contributed by atoms with van der Waals surface area (Å²) in [5.74, 6) is 1.55. The predicted octanol–water partition coefficient (Wildman–Crippen LogP) is 2.79. The molecule has 0 amide bonds. The van der Waals surface area contributed by atoms with Crippen LogP contribution in [0.3, 0.4) is 0 Å². The minimum absolute atomic E-state index is 0.0845. The first-order valence-corrected chi connectivity index (χ1v) is 7.43. The molecule has 0 saturated carbocycles. The van der Waals surface area contributed by atoms with Gasteiger partial charge in [-0.3, -0.25) is 0 Å². The summed E-state index contributed by atoms with van der Waals surface area (Å²) in [5.41, 5.74) is 2.07. The minimum atomic E-state index is 0.0845.